The van der Waals surface area contributed by atoms with Crippen LogP contribution in [-0.4, -0.2) is 21.9 Å². The van der Waals surface area contributed by atoms with Crippen LogP contribution in [0.4, 0.5) is 0 Å². The summed E-state index contributed by atoms with van der Waals surface area (Å²) in [4.78, 5) is 3.84. The molecule has 0 saturated heterocycles. The maximum absolute atomic E-state index is 8.62. The standard InChI is InChI=1S/C11H9BrN4O/c1-17-10-3-2-8(4-9(10)12)6-16-7-14-11(5-13)15-16/h2-4,7H,6H2,1H3. The van der Waals surface area contributed by atoms with Crippen LogP contribution in [-0.2, 0) is 6.54 Å². The molecule has 0 spiro atoms. The fraction of sp³-hybridized carbons (Fsp3) is 0.182. The maximum Gasteiger partial charge on any atom is 0.252 e. The molecule has 0 fully saturated rings. The monoisotopic (exact) mass is 292 g/mol. The van der Waals surface area contributed by atoms with Crippen LogP contribution in [0, 0.1) is 11.3 Å². The lowest BCUT2D eigenvalue weighted by molar-refractivity contribution is 0.412. The number of aromatic nitrogens is 3. The smallest absolute Gasteiger partial charge is 0.252 e. The average Bonchev–Trinajstić information content (AvgIpc) is 2.77. The van der Waals surface area contributed by atoms with Gasteiger partial charge in [0.15, 0.2) is 0 Å². The van der Waals surface area contributed by atoms with Gasteiger partial charge in [0, 0.05) is 0 Å². The molecule has 0 bridgehead atoms. The molecule has 0 atom stereocenters. The van der Waals surface area contributed by atoms with E-state index in [0.29, 0.717) is 6.54 Å². The van der Waals surface area contributed by atoms with Crippen molar-refractivity contribution >= 4 is 15.9 Å². The van der Waals surface area contributed by atoms with Gasteiger partial charge in [-0.05, 0) is 33.6 Å². The highest BCUT2D eigenvalue weighted by Gasteiger charge is 2.04. The van der Waals surface area contributed by atoms with Crippen molar-refractivity contribution in [1.82, 2.24) is 14.8 Å². The molecule has 0 amide bonds. The molecule has 0 aliphatic rings. The highest BCUT2D eigenvalue weighted by atomic mass is 79.9. The maximum atomic E-state index is 8.62. The first-order valence-electron chi connectivity index (χ1n) is 4.85. The van der Waals surface area contributed by atoms with Crippen molar-refractivity contribution in [2.45, 2.75) is 6.54 Å². The molecule has 0 unspecified atom stereocenters. The lowest BCUT2D eigenvalue weighted by atomic mass is 10.2. The van der Waals surface area contributed by atoms with Crippen LogP contribution in [0.15, 0.2) is 29.0 Å². The second kappa shape index (κ2) is 4.97. The molecule has 0 aliphatic heterocycles. The second-order valence-corrected chi connectivity index (χ2v) is 4.20. The Kier molecular flexibility index (Phi) is 3.40. The summed E-state index contributed by atoms with van der Waals surface area (Å²) in [7, 11) is 1.62. The lowest BCUT2D eigenvalue weighted by Gasteiger charge is -2.06. The van der Waals surface area contributed by atoms with E-state index in [1.807, 2.05) is 24.3 Å². The molecule has 2 aromatic rings. The van der Waals surface area contributed by atoms with E-state index in [1.165, 1.54) is 6.33 Å². The van der Waals surface area contributed by atoms with Gasteiger partial charge in [-0.1, -0.05) is 6.07 Å². The number of benzene rings is 1. The number of hydrogen-bond acceptors (Lipinski definition) is 4. The van der Waals surface area contributed by atoms with Crippen LogP contribution in [0.3, 0.4) is 0 Å². The minimum Gasteiger partial charge on any atom is -0.496 e. The molecule has 0 N–H and O–H groups in total. The summed E-state index contributed by atoms with van der Waals surface area (Å²) in [5.74, 6) is 0.961. The van der Waals surface area contributed by atoms with E-state index in [-0.39, 0.29) is 5.82 Å². The van der Waals surface area contributed by atoms with Gasteiger partial charge in [0.2, 0.25) is 0 Å². The van der Waals surface area contributed by atoms with E-state index in [9.17, 15) is 0 Å². The predicted molar refractivity (Wildman–Crippen MR) is 64.5 cm³/mol. The molecule has 2 rings (SSSR count). The van der Waals surface area contributed by atoms with Gasteiger partial charge in [-0.3, -0.25) is 0 Å². The first kappa shape index (κ1) is 11.6. The molecular weight excluding hydrogens is 284 g/mol. The minimum absolute atomic E-state index is 0.178. The minimum atomic E-state index is 0.178. The van der Waals surface area contributed by atoms with E-state index in [0.717, 1.165) is 15.8 Å². The zero-order chi connectivity index (χ0) is 12.3. The number of rotatable bonds is 3. The van der Waals surface area contributed by atoms with E-state index < -0.39 is 0 Å². The summed E-state index contributed by atoms with van der Waals surface area (Å²) in [6.45, 7) is 0.567. The Morgan fingerprint density at radius 2 is 2.35 bits per heavy atom. The fourth-order valence-corrected chi connectivity index (χ4v) is 2.01. The first-order chi connectivity index (χ1) is 8.22. The van der Waals surface area contributed by atoms with Gasteiger partial charge >= 0.3 is 0 Å². The second-order valence-electron chi connectivity index (χ2n) is 3.35. The Bertz CT molecular complexity index is 573. The zero-order valence-electron chi connectivity index (χ0n) is 9.09. The number of methoxy groups -OCH3 is 1. The molecular formula is C11H9BrN4O. The number of hydrogen-bond donors (Lipinski definition) is 0. The summed E-state index contributed by atoms with van der Waals surface area (Å²) >= 11 is 3.42. The topological polar surface area (TPSA) is 63.7 Å². The molecule has 0 radical (unpaired) electrons. The number of nitriles is 1. The Balaban J connectivity index is 2.19. The van der Waals surface area contributed by atoms with Crippen LogP contribution in [0.1, 0.15) is 11.4 Å². The summed E-state index contributed by atoms with van der Waals surface area (Å²) < 4.78 is 7.65. The average molecular weight is 293 g/mol. The molecule has 17 heavy (non-hydrogen) atoms. The van der Waals surface area contributed by atoms with E-state index >= 15 is 0 Å². The Hall–Kier alpha value is -1.87. The van der Waals surface area contributed by atoms with Gasteiger partial charge in [-0.15, -0.1) is 5.10 Å². The molecule has 1 aromatic carbocycles. The highest BCUT2D eigenvalue weighted by molar-refractivity contribution is 9.10. The van der Waals surface area contributed by atoms with Gasteiger partial charge in [-0.25, -0.2) is 9.67 Å². The van der Waals surface area contributed by atoms with Crippen molar-refractivity contribution in [3.8, 4) is 11.8 Å². The van der Waals surface area contributed by atoms with E-state index in [1.54, 1.807) is 11.8 Å². The van der Waals surface area contributed by atoms with Crippen LogP contribution in [0.2, 0.25) is 0 Å². The van der Waals surface area contributed by atoms with Gasteiger partial charge < -0.3 is 4.74 Å². The molecule has 0 aliphatic carbocycles. The number of ether oxygens (including phenoxy) is 1. The summed E-state index contributed by atoms with van der Waals surface area (Å²) in [6, 6.07) is 7.66. The molecule has 1 aromatic heterocycles. The van der Waals surface area contributed by atoms with Crippen LogP contribution in [0.25, 0.3) is 0 Å². The number of nitrogens with zero attached hydrogens (tertiary/aromatic N) is 4. The van der Waals surface area contributed by atoms with Gasteiger partial charge in [0.05, 0.1) is 18.1 Å². The van der Waals surface area contributed by atoms with E-state index in [2.05, 4.69) is 26.0 Å². The molecule has 1 heterocycles. The first-order valence-corrected chi connectivity index (χ1v) is 5.64. The predicted octanol–water partition coefficient (Wildman–Crippen LogP) is 1.97. The number of halogens is 1. The van der Waals surface area contributed by atoms with Gasteiger partial charge in [0.1, 0.15) is 18.1 Å². The largest absolute Gasteiger partial charge is 0.496 e. The van der Waals surface area contributed by atoms with Crippen molar-refractivity contribution < 1.29 is 4.74 Å². The summed E-state index contributed by atoms with van der Waals surface area (Å²) in [5.41, 5.74) is 1.05. The normalized spacial score (nSPS) is 9.94. The lowest BCUT2D eigenvalue weighted by Crippen LogP contribution is -2.00. The molecule has 5 nitrogen and oxygen atoms in total. The molecule has 6 heteroatoms. The summed E-state index contributed by atoms with van der Waals surface area (Å²) in [5, 5.41) is 12.6. The van der Waals surface area contributed by atoms with Crippen LogP contribution < -0.4 is 4.74 Å². The highest BCUT2D eigenvalue weighted by Crippen LogP contribution is 2.25. The Morgan fingerprint density at radius 1 is 1.53 bits per heavy atom. The molecule has 0 saturated carbocycles. The van der Waals surface area contributed by atoms with Crippen molar-refractivity contribution in [3.63, 3.8) is 0 Å². The Morgan fingerprint density at radius 3 is 2.94 bits per heavy atom. The third-order valence-corrected chi connectivity index (χ3v) is 2.82. The molecule has 86 valence electrons. The van der Waals surface area contributed by atoms with Crippen LogP contribution in [0.5, 0.6) is 5.75 Å². The van der Waals surface area contributed by atoms with Crippen molar-refractivity contribution in [1.29, 1.82) is 5.26 Å². The van der Waals surface area contributed by atoms with Gasteiger partial charge in [-0.2, -0.15) is 5.26 Å². The Labute approximate surface area is 107 Å². The zero-order valence-corrected chi connectivity index (χ0v) is 10.7. The van der Waals surface area contributed by atoms with Gasteiger partial charge in [0.25, 0.3) is 5.82 Å². The van der Waals surface area contributed by atoms with Crippen molar-refractivity contribution in [2.75, 3.05) is 7.11 Å². The van der Waals surface area contributed by atoms with E-state index in [4.69, 9.17) is 10.00 Å². The third kappa shape index (κ3) is 2.63. The third-order valence-electron chi connectivity index (χ3n) is 2.20. The SMILES string of the molecule is COc1ccc(Cn2cnc(C#N)n2)cc1Br. The fourth-order valence-electron chi connectivity index (χ4n) is 1.42. The quantitative estimate of drug-likeness (QED) is 0.868. The summed E-state index contributed by atoms with van der Waals surface area (Å²) in [6.07, 6.45) is 1.54. The van der Waals surface area contributed by atoms with Crippen molar-refractivity contribution in [3.05, 3.63) is 40.4 Å². The van der Waals surface area contributed by atoms with Crippen molar-refractivity contribution in [2.24, 2.45) is 0 Å². The van der Waals surface area contributed by atoms with Crippen LogP contribution >= 0.6 is 15.9 Å².